The highest BCUT2D eigenvalue weighted by Crippen LogP contribution is 2.33. The lowest BCUT2D eigenvalue weighted by Crippen LogP contribution is -2.43. The summed E-state index contributed by atoms with van der Waals surface area (Å²) in [6.07, 6.45) is 0.281. The second kappa shape index (κ2) is 8.35. The van der Waals surface area contributed by atoms with Crippen LogP contribution in [-0.4, -0.2) is 33.7 Å². The largest absolute Gasteiger partial charge is 0.343 e. The molecular weight excluding hydrogens is 429 g/mol. The highest BCUT2D eigenvalue weighted by molar-refractivity contribution is 7.09. The Labute approximate surface area is 189 Å². The number of benzene rings is 1. The maximum atomic E-state index is 13.4. The molecule has 166 valence electrons. The molecule has 32 heavy (non-hydrogen) atoms. The number of imide groups is 1. The molecule has 8 heteroatoms. The van der Waals surface area contributed by atoms with Crippen LogP contribution >= 0.6 is 11.3 Å². The van der Waals surface area contributed by atoms with Gasteiger partial charge < -0.3 is 9.88 Å². The van der Waals surface area contributed by atoms with E-state index < -0.39 is 23.3 Å². The van der Waals surface area contributed by atoms with Crippen LogP contribution in [0.5, 0.6) is 0 Å². The van der Waals surface area contributed by atoms with E-state index in [2.05, 4.69) is 9.88 Å². The molecule has 2 aromatic heterocycles. The van der Waals surface area contributed by atoms with E-state index in [4.69, 9.17) is 0 Å². The van der Waals surface area contributed by atoms with Crippen molar-refractivity contribution in [2.24, 2.45) is 0 Å². The Balaban J connectivity index is 1.58. The van der Waals surface area contributed by atoms with Crippen LogP contribution in [0.2, 0.25) is 0 Å². The maximum Gasteiger partial charge on any atom is 0.325 e. The molecule has 0 saturated carbocycles. The van der Waals surface area contributed by atoms with Gasteiger partial charge in [-0.15, -0.1) is 11.3 Å². The second-order valence-corrected chi connectivity index (χ2v) is 8.99. The van der Waals surface area contributed by atoms with Crippen LogP contribution in [0, 0.1) is 19.7 Å². The van der Waals surface area contributed by atoms with Gasteiger partial charge in [0.2, 0.25) is 0 Å². The number of carbonyl (C=O) groups is 3. The molecule has 1 unspecified atom stereocenters. The van der Waals surface area contributed by atoms with Crippen molar-refractivity contribution in [3.8, 4) is 0 Å². The van der Waals surface area contributed by atoms with Crippen molar-refractivity contribution in [3.05, 3.63) is 81.1 Å². The van der Waals surface area contributed by atoms with Gasteiger partial charge in [-0.1, -0.05) is 25.1 Å². The fourth-order valence-corrected chi connectivity index (χ4v) is 4.95. The van der Waals surface area contributed by atoms with Crippen molar-refractivity contribution in [2.45, 2.75) is 39.3 Å². The number of amides is 3. The van der Waals surface area contributed by atoms with E-state index in [1.165, 1.54) is 29.1 Å². The summed E-state index contributed by atoms with van der Waals surface area (Å²) < 4.78 is 15.4. The highest BCUT2D eigenvalue weighted by Gasteiger charge is 2.51. The zero-order chi connectivity index (χ0) is 23.0. The molecular formula is C24H24FN3O3S. The molecule has 1 aliphatic rings. The minimum Gasteiger partial charge on any atom is -0.343 e. The molecule has 1 aliphatic heterocycles. The summed E-state index contributed by atoms with van der Waals surface area (Å²) in [7, 11) is 0. The molecule has 1 aromatic carbocycles. The first-order valence-electron chi connectivity index (χ1n) is 10.4. The van der Waals surface area contributed by atoms with E-state index >= 15 is 0 Å². The number of urea groups is 1. The monoisotopic (exact) mass is 453 g/mol. The Hall–Kier alpha value is -3.26. The first kappa shape index (κ1) is 22.0. The highest BCUT2D eigenvalue weighted by atomic mass is 32.1. The fraction of sp³-hybridized carbons (Fsp3) is 0.292. The lowest BCUT2D eigenvalue weighted by Gasteiger charge is -2.25. The fourth-order valence-electron chi connectivity index (χ4n) is 4.26. The van der Waals surface area contributed by atoms with Gasteiger partial charge in [-0.3, -0.25) is 14.5 Å². The van der Waals surface area contributed by atoms with Gasteiger partial charge in [-0.25, -0.2) is 9.18 Å². The van der Waals surface area contributed by atoms with Gasteiger partial charge >= 0.3 is 6.03 Å². The van der Waals surface area contributed by atoms with Gasteiger partial charge in [0.25, 0.3) is 5.91 Å². The minimum atomic E-state index is -1.30. The van der Waals surface area contributed by atoms with Gasteiger partial charge in [-0.05, 0) is 55.5 Å². The van der Waals surface area contributed by atoms with Crippen LogP contribution in [0.15, 0.2) is 47.8 Å². The molecule has 0 radical (unpaired) electrons. The molecule has 0 bridgehead atoms. The average molecular weight is 454 g/mol. The van der Waals surface area contributed by atoms with E-state index in [9.17, 15) is 18.8 Å². The lowest BCUT2D eigenvalue weighted by atomic mass is 9.87. The Morgan fingerprint density at radius 3 is 2.50 bits per heavy atom. The van der Waals surface area contributed by atoms with Crippen LogP contribution in [0.25, 0.3) is 0 Å². The summed E-state index contributed by atoms with van der Waals surface area (Å²) in [5, 5.41) is 4.74. The van der Waals surface area contributed by atoms with Gasteiger partial charge in [0.15, 0.2) is 5.78 Å². The average Bonchev–Trinajstić information content (AvgIpc) is 3.45. The number of nitrogens with zero attached hydrogens (tertiary/aromatic N) is 2. The Morgan fingerprint density at radius 1 is 1.16 bits per heavy atom. The van der Waals surface area contributed by atoms with Crippen molar-refractivity contribution >= 4 is 29.1 Å². The molecule has 0 aliphatic carbocycles. The molecule has 4 rings (SSSR count). The number of ketones is 1. The summed E-state index contributed by atoms with van der Waals surface area (Å²) in [6.45, 7) is 5.88. The van der Waals surface area contributed by atoms with E-state index in [0.29, 0.717) is 17.7 Å². The second-order valence-electron chi connectivity index (χ2n) is 7.96. The summed E-state index contributed by atoms with van der Waals surface area (Å²) in [5.41, 5.74) is 1.42. The van der Waals surface area contributed by atoms with Crippen LogP contribution in [0.1, 0.15) is 45.5 Å². The predicted octanol–water partition coefficient (Wildman–Crippen LogP) is 4.39. The molecule has 1 saturated heterocycles. The van der Waals surface area contributed by atoms with E-state index in [-0.39, 0.29) is 18.7 Å². The lowest BCUT2D eigenvalue weighted by molar-refractivity contribution is -0.131. The van der Waals surface area contributed by atoms with Crippen LogP contribution in [0.3, 0.4) is 0 Å². The summed E-state index contributed by atoms with van der Waals surface area (Å²) in [5.74, 6) is -1.23. The van der Waals surface area contributed by atoms with Gasteiger partial charge in [0.1, 0.15) is 11.4 Å². The predicted molar refractivity (Wildman–Crippen MR) is 120 cm³/mol. The van der Waals surface area contributed by atoms with Crippen LogP contribution < -0.4 is 5.32 Å². The molecule has 6 nitrogen and oxygen atoms in total. The standard InChI is InChI=1S/C24H24FN3O3S/c1-4-24(17-7-9-18(25)10-8-17)22(30)28(23(31)26-24)14-21(29)20-12-15(2)27(16(20)3)13-19-6-5-11-32-19/h5-12H,4,13-14H2,1-3H3,(H,26,31). The van der Waals surface area contributed by atoms with Crippen LogP contribution in [0.4, 0.5) is 9.18 Å². The van der Waals surface area contributed by atoms with Crippen molar-refractivity contribution in [1.82, 2.24) is 14.8 Å². The third-order valence-corrected chi connectivity index (χ3v) is 6.97. The molecule has 1 N–H and O–H groups in total. The quantitative estimate of drug-likeness (QED) is 0.426. The van der Waals surface area contributed by atoms with Crippen molar-refractivity contribution in [3.63, 3.8) is 0 Å². The summed E-state index contributed by atoms with van der Waals surface area (Å²) in [6, 6.07) is 10.7. The number of halogens is 1. The topological polar surface area (TPSA) is 71.4 Å². The maximum absolute atomic E-state index is 13.4. The van der Waals surface area contributed by atoms with E-state index in [0.717, 1.165) is 16.3 Å². The minimum absolute atomic E-state index is 0.281. The number of hydrogen-bond donors (Lipinski definition) is 1. The Morgan fingerprint density at radius 2 is 1.88 bits per heavy atom. The zero-order valence-corrected chi connectivity index (χ0v) is 19.0. The third kappa shape index (κ3) is 3.64. The number of hydrogen-bond acceptors (Lipinski definition) is 4. The normalized spacial score (nSPS) is 18.3. The molecule has 3 aromatic rings. The smallest absolute Gasteiger partial charge is 0.325 e. The number of Topliss-reactive ketones (excluding diaryl/α,β-unsaturated/α-hetero) is 1. The van der Waals surface area contributed by atoms with Crippen molar-refractivity contribution in [2.75, 3.05) is 6.54 Å². The molecule has 1 fully saturated rings. The summed E-state index contributed by atoms with van der Waals surface area (Å²) >= 11 is 1.65. The number of thiophene rings is 1. The number of rotatable bonds is 7. The number of carbonyl (C=O) groups excluding carboxylic acids is 3. The van der Waals surface area contributed by atoms with Gasteiger partial charge in [-0.2, -0.15) is 0 Å². The SMILES string of the molecule is CCC1(c2ccc(F)cc2)NC(=O)N(CC(=O)c2cc(C)n(Cc3cccs3)c2C)C1=O. The Kier molecular flexibility index (Phi) is 5.73. The molecule has 1 atom stereocenters. The number of aryl methyl sites for hydroxylation is 1. The zero-order valence-electron chi connectivity index (χ0n) is 18.1. The van der Waals surface area contributed by atoms with Gasteiger partial charge in [0.05, 0.1) is 13.1 Å². The summed E-state index contributed by atoms with van der Waals surface area (Å²) in [4.78, 5) is 41.2. The first-order chi connectivity index (χ1) is 15.3. The van der Waals surface area contributed by atoms with E-state index in [1.54, 1.807) is 24.3 Å². The van der Waals surface area contributed by atoms with Crippen LogP contribution in [-0.2, 0) is 16.9 Å². The molecule has 0 spiro atoms. The molecule has 3 amide bonds. The molecule has 3 heterocycles. The van der Waals surface area contributed by atoms with Crippen molar-refractivity contribution < 1.29 is 18.8 Å². The Bertz CT molecular complexity index is 1180. The first-order valence-corrected chi connectivity index (χ1v) is 11.3. The number of nitrogens with one attached hydrogen (secondary N) is 1. The third-order valence-electron chi connectivity index (χ3n) is 6.11. The van der Waals surface area contributed by atoms with E-state index in [1.807, 2.05) is 31.4 Å². The number of aromatic nitrogens is 1. The van der Waals surface area contributed by atoms with Crippen molar-refractivity contribution in [1.29, 1.82) is 0 Å². The van der Waals surface area contributed by atoms with Gasteiger partial charge in [0, 0.05) is 21.8 Å².